The summed E-state index contributed by atoms with van der Waals surface area (Å²) in [6.07, 6.45) is 0. The summed E-state index contributed by atoms with van der Waals surface area (Å²) in [6, 6.07) is 0. The minimum atomic E-state index is -3.60. The van der Waals surface area contributed by atoms with Crippen molar-refractivity contribution in [2.24, 2.45) is 0 Å². The molecule has 0 unspecified atom stereocenters. The average molecular weight is 234 g/mol. The lowest BCUT2D eigenvalue weighted by molar-refractivity contribution is 0.266. The Kier molecular flexibility index (Phi) is 3.48. The van der Waals surface area contributed by atoms with E-state index in [2.05, 4.69) is 5.16 Å². The molecule has 1 aromatic rings. The summed E-state index contributed by atoms with van der Waals surface area (Å²) < 4.78 is 29.7. The van der Waals surface area contributed by atoms with E-state index in [0.717, 1.165) is 4.31 Å². The summed E-state index contributed by atoms with van der Waals surface area (Å²) >= 11 is 0. The number of likely N-dealkylation sites (N-methyl/N-ethyl adjacent to an activating group) is 1. The highest BCUT2D eigenvalue weighted by Crippen LogP contribution is 2.21. The molecule has 0 amide bonds. The standard InChI is InChI=1S/C8H14N2O4S/c1-6-8(7(2)14-9-6)15(12,13)10(3)4-5-11/h11H,4-5H2,1-3H3. The number of aromatic nitrogens is 1. The van der Waals surface area contributed by atoms with Crippen molar-refractivity contribution in [1.82, 2.24) is 9.46 Å². The molecule has 86 valence electrons. The second-order valence-electron chi connectivity index (χ2n) is 3.20. The first kappa shape index (κ1) is 12.2. The molecule has 7 heteroatoms. The average Bonchev–Trinajstić information content (AvgIpc) is 2.46. The Morgan fingerprint density at radius 2 is 2.07 bits per heavy atom. The molecule has 15 heavy (non-hydrogen) atoms. The molecule has 1 N–H and O–H groups in total. The first-order chi connectivity index (χ1) is 6.91. The molecule has 0 aliphatic rings. The van der Waals surface area contributed by atoms with E-state index in [-0.39, 0.29) is 23.8 Å². The fourth-order valence-corrected chi connectivity index (χ4v) is 2.70. The lowest BCUT2D eigenvalue weighted by Crippen LogP contribution is -2.30. The number of aliphatic hydroxyl groups is 1. The van der Waals surface area contributed by atoms with Crippen LogP contribution in [0.5, 0.6) is 0 Å². The number of aliphatic hydroxyl groups excluding tert-OH is 1. The van der Waals surface area contributed by atoms with Crippen LogP contribution in [0.4, 0.5) is 0 Å². The summed E-state index contributed by atoms with van der Waals surface area (Å²) in [6.45, 7) is 2.93. The Morgan fingerprint density at radius 3 is 2.47 bits per heavy atom. The van der Waals surface area contributed by atoms with Gasteiger partial charge in [-0.05, 0) is 13.8 Å². The SMILES string of the molecule is Cc1noc(C)c1S(=O)(=O)N(C)CCO. The van der Waals surface area contributed by atoms with Crippen molar-refractivity contribution in [2.45, 2.75) is 18.7 Å². The highest BCUT2D eigenvalue weighted by molar-refractivity contribution is 7.89. The summed E-state index contributed by atoms with van der Waals surface area (Å²) in [5.41, 5.74) is 0.331. The second kappa shape index (κ2) is 4.30. The summed E-state index contributed by atoms with van der Waals surface area (Å²) in [7, 11) is -2.20. The topological polar surface area (TPSA) is 83.6 Å². The number of hydrogen-bond donors (Lipinski definition) is 1. The minimum Gasteiger partial charge on any atom is -0.395 e. The predicted octanol–water partition coefficient (Wildman–Crippen LogP) is -0.0958. The van der Waals surface area contributed by atoms with E-state index >= 15 is 0 Å². The van der Waals surface area contributed by atoms with E-state index in [0.29, 0.717) is 5.69 Å². The van der Waals surface area contributed by atoms with Gasteiger partial charge in [-0.2, -0.15) is 4.31 Å². The number of sulfonamides is 1. The van der Waals surface area contributed by atoms with Gasteiger partial charge in [0.25, 0.3) is 0 Å². The maximum atomic E-state index is 11.9. The molecule has 0 radical (unpaired) electrons. The zero-order chi connectivity index (χ0) is 11.6. The van der Waals surface area contributed by atoms with Crippen molar-refractivity contribution in [3.05, 3.63) is 11.5 Å². The molecule has 6 nitrogen and oxygen atoms in total. The van der Waals surface area contributed by atoms with Crippen molar-refractivity contribution in [2.75, 3.05) is 20.2 Å². The zero-order valence-electron chi connectivity index (χ0n) is 8.89. The molecular formula is C8H14N2O4S. The van der Waals surface area contributed by atoms with Crippen molar-refractivity contribution in [3.63, 3.8) is 0 Å². The van der Waals surface area contributed by atoms with Gasteiger partial charge in [-0.15, -0.1) is 0 Å². The third-order valence-electron chi connectivity index (χ3n) is 2.05. The normalized spacial score (nSPS) is 12.3. The quantitative estimate of drug-likeness (QED) is 0.786. The fourth-order valence-electron chi connectivity index (χ4n) is 1.26. The Bertz CT molecular complexity index is 418. The van der Waals surface area contributed by atoms with E-state index in [9.17, 15) is 8.42 Å². The van der Waals surface area contributed by atoms with Crippen LogP contribution >= 0.6 is 0 Å². The first-order valence-electron chi connectivity index (χ1n) is 4.41. The molecule has 0 aromatic carbocycles. The highest BCUT2D eigenvalue weighted by atomic mass is 32.2. The van der Waals surface area contributed by atoms with Crippen molar-refractivity contribution < 1.29 is 18.0 Å². The molecule has 0 saturated carbocycles. The lowest BCUT2D eigenvalue weighted by atomic mass is 10.4. The van der Waals surface area contributed by atoms with Crippen LogP contribution in [0.3, 0.4) is 0 Å². The molecule has 0 spiro atoms. The Hall–Kier alpha value is -0.920. The third-order valence-corrected chi connectivity index (χ3v) is 4.15. The third kappa shape index (κ3) is 2.19. The maximum Gasteiger partial charge on any atom is 0.248 e. The molecular weight excluding hydrogens is 220 g/mol. The van der Waals surface area contributed by atoms with Gasteiger partial charge in [0.1, 0.15) is 10.6 Å². The summed E-state index contributed by atoms with van der Waals surface area (Å²) in [4.78, 5) is 0.0819. The lowest BCUT2D eigenvalue weighted by Gasteiger charge is -2.14. The van der Waals surface area contributed by atoms with E-state index < -0.39 is 10.0 Å². The summed E-state index contributed by atoms with van der Waals surface area (Å²) in [5.74, 6) is 0.261. The Morgan fingerprint density at radius 1 is 1.47 bits per heavy atom. The largest absolute Gasteiger partial charge is 0.395 e. The van der Waals surface area contributed by atoms with E-state index in [1.165, 1.54) is 7.05 Å². The van der Waals surface area contributed by atoms with Gasteiger partial charge in [0.2, 0.25) is 10.0 Å². The van der Waals surface area contributed by atoms with Gasteiger partial charge in [-0.3, -0.25) is 0 Å². The molecule has 0 aliphatic heterocycles. The van der Waals surface area contributed by atoms with Gasteiger partial charge < -0.3 is 9.63 Å². The smallest absolute Gasteiger partial charge is 0.248 e. The van der Waals surface area contributed by atoms with Crippen LogP contribution in [0, 0.1) is 13.8 Å². The van der Waals surface area contributed by atoms with Gasteiger partial charge in [0.05, 0.1) is 6.61 Å². The molecule has 0 atom stereocenters. The summed E-state index contributed by atoms with van der Waals surface area (Å²) in [5, 5.41) is 12.3. The molecule has 1 aromatic heterocycles. The minimum absolute atomic E-state index is 0.0480. The molecule has 0 fully saturated rings. The van der Waals surface area contributed by atoms with Crippen molar-refractivity contribution in [3.8, 4) is 0 Å². The van der Waals surface area contributed by atoms with Crippen LogP contribution in [-0.4, -0.2) is 43.2 Å². The molecule has 0 aliphatic carbocycles. The van der Waals surface area contributed by atoms with Gasteiger partial charge in [0.15, 0.2) is 5.76 Å². The molecule has 0 saturated heterocycles. The fraction of sp³-hybridized carbons (Fsp3) is 0.625. The van der Waals surface area contributed by atoms with Gasteiger partial charge in [-0.25, -0.2) is 8.42 Å². The second-order valence-corrected chi connectivity index (χ2v) is 5.19. The number of hydrogen-bond acceptors (Lipinski definition) is 5. The van der Waals surface area contributed by atoms with Crippen LogP contribution in [0.2, 0.25) is 0 Å². The maximum absolute atomic E-state index is 11.9. The molecule has 1 rings (SSSR count). The van der Waals surface area contributed by atoms with Crippen LogP contribution in [0.1, 0.15) is 11.5 Å². The van der Waals surface area contributed by atoms with Crippen LogP contribution in [0.15, 0.2) is 9.42 Å². The van der Waals surface area contributed by atoms with Gasteiger partial charge in [-0.1, -0.05) is 5.16 Å². The zero-order valence-corrected chi connectivity index (χ0v) is 9.71. The van der Waals surface area contributed by atoms with Gasteiger partial charge >= 0.3 is 0 Å². The van der Waals surface area contributed by atoms with Crippen LogP contribution < -0.4 is 0 Å². The van der Waals surface area contributed by atoms with E-state index in [4.69, 9.17) is 9.63 Å². The number of aryl methyl sites for hydroxylation is 2. The Labute approximate surface area is 88.5 Å². The molecule has 0 bridgehead atoms. The van der Waals surface area contributed by atoms with Crippen LogP contribution in [0.25, 0.3) is 0 Å². The first-order valence-corrected chi connectivity index (χ1v) is 5.85. The van der Waals surface area contributed by atoms with Crippen LogP contribution in [-0.2, 0) is 10.0 Å². The number of nitrogens with zero attached hydrogens (tertiary/aromatic N) is 2. The van der Waals surface area contributed by atoms with Crippen molar-refractivity contribution >= 4 is 10.0 Å². The monoisotopic (exact) mass is 234 g/mol. The predicted molar refractivity (Wildman–Crippen MR) is 52.9 cm³/mol. The molecule has 1 heterocycles. The van der Waals surface area contributed by atoms with Crippen molar-refractivity contribution in [1.29, 1.82) is 0 Å². The number of rotatable bonds is 4. The Balaban J connectivity index is 3.17. The highest BCUT2D eigenvalue weighted by Gasteiger charge is 2.27. The van der Waals surface area contributed by atoms with Gasteiger partial charge in [0, 0.05) is 13.6 Å². The van der Waals surface area contributed by atoms with E-state index in [1.54, 1.807) is 13.8 Å². The van der Waals surface area contributed by atoms with E-state index in [1.807, 2.05) is 0 Å².